The van der Waals surface area contributed by atoms with Gasteiger partial charge in [-0.25, -0.2) is 0 Å². The van der Waals surface area contributed by atoms with E-state index in [1.165, 1.54) is 6.92 Å². The normalized spacial score (nSPS) is 12.6. The number of hydrogen-bond donors (Lipinski definition) is 0. The van der Waals surface area contributed by atoms with Crippen molar-refractivity contribution >= 4 is 49.8 Å². The minimum atomic E-state index is -1.38. The molecule has 0 N–H and O–H groups in total. The van der Waals surface area contributed by atoms with Gasteiger partial charge in [0.05, 0.1) is 6.61 Å². The van der Waals surface area contributed by atoms with Crippen molar-refractivity contribution in [1.82, 2.24) is 0 Å². The molecule has 0 atom stereocenters. The van der Waals surface area contributed by atoms with Gasteiger partial charge in [-0.1, -0.05) is 31.9 Å². The quantitative estimate of drug-likeness (QED) is 0.137. The third-order valence-corrected chi connectivity index (χ3v) is 4.45. The first-order valence-corrected chi connectivity index (χ1v) is 11.4. The standard InChI is InChI=1S/C20H34Br2O8/c1-8-26-14(27-9-2)10-11-28-17(25)20(7,12-29-15(23)18(3,4)21)13-30-16(24)19(5,6)22/h14H,8-13H2,1-7H3. The number of carbonyl (C=O) groups excluding carboxylic acids is 3. The van der Waals surface area contributed by atoms with E-state index in [0.29, 0.717) is 19.6 Å². The smallest absolute Gasteiger partial charge is 0.322 e. The van der Waals surface area contributed by atoms with Crippen LogP contribution in [0.2, 0.25) is 0 Å². The first kappa shape index (κ1) is 29.3. The van der Waals surface area contributed by atoms with Gasteiger partial charge in [-0.05, 0) is 48.5 Å². The Hall–Kier alpha value is -0.710. The molecule has 0 fully saturated rings. The fraction of sp³-hybridized carbons (Fsp3) is 0.850. The molecule has 0 spiro atoms. The van der Waals surface area contributed by atoms with Crippen LogP contribution in [-0.4, -0.2) is 65.9 Å². The van der Waals surface area contributed by atoms with Gasteiger partial charge in [0.2, 0.25) is 0 Å². The second kappa shape index (κ2) is 13.0. The maximum absolute atomic E-state index is 12.8. The van der Waals surface area contributed by atoms with Crippen LogP contribution < -0.4 is 0 Å². The maximum atomic E-state index is 12.8. The lowest BCUT2D eigenvalue weighted by Crippen LogP contribution is -2.43. The van der Waals surface area contributed by atoms with Gasteiger partial charge in [-0.2, -0.15) is 0 Å². The molecule has 0 aromatic rings. The molecule has 0 radical (unpaired) electrons. The minimum absolute atomic E-state index is 0.0366. The van der Waals surface area contributed by atoms with Crippen LogP contribution in [0.25, 0.3) is 0 Å². The van der Waals surface area contributed by atoms with E-state index in [1.807, 2.05) is 13.8 Å². The van der Waals surface area contributed by atoms with Gasteiger partial charge in [-0.15, -0.1) is 0 Å². The van der Waals surface area contributed by atoms with Gasteiger partial charge in [0, 0.05) is 19.6 Å². The van der Waals surface area contributed by atoms with E-state index < -0.39 is 38.3 Å². The predicted octanol–water partition coefficient (Wildman–Crippen LogP) is 3.76. The molecule has 0 heterocycles. The summed E-state index contributed by atoms with van der Waals surface area (Å²) in [7, 11) is 0. The fourth-order valence-corrected chi connectivity index (χ4v) is 2.19. The second-order valence-electron chi connectivity index (χ2n) is 7.92. The lowest BCUT2D eigenvalue weighted by Gasteiger charge is -2.29. The Morgan fingerprint density at radius 2 is 1.13 bits per heavy atom. The van der Waals surface area contributed by atoms with E-state index in [4.69, 9.17) is 23.7 Å². The zero-order chi connectivity index (χ0) is 23.6. The van der Waals surface area contributed by atoms with Crippen molar-refractivity contribution < 1.29 is 38.1 Å². The Labute approximate surface area is 195 Å². The van der Waals surface area contributed by atoms with Crippen LogP contribution in [0.3, 0.4) is 0 Å². The van der Waals surface area contributed by atoms with Gasteiger partial charge in [0.15, 0.2) is 6.29 Å². The summed E-state index contributed by atoms with van der Waals surface area (Å²) in [6.45, 7) is 12.0. The highest BCUT2D eigenvalue weighted by molar-refractivity contribution is 9.10. The Balaban J connectivity index is 5.13. The number of carbonyl (C=O) groups is 3. The molecule has 0 aliphatic heterocycles. The SMILES string of the molecule is CCOC(CCOC(=O)C(C)(COC(=O)C(C)(C)Br)COC(=O)C(C)(C)Br)OCC. The molecule has 0 amide bonds. The molecular weight excluding hydrogens is 528 g/mol. The zero-order valence-electron chi connectivity index (χ0n) is 18.8. The Bertz CT molecular complexity index is 530. The number of rotatable bonds is 14. The maximum Gasteiger partial charge on any atom is 0.322 e. The molecule has 0 aliphatic carbocycles. The monoisotopic (exact) mass is 560 g/mol. The topological polar surface area (TPSA) is 97.4 Å². The summed E-state index contributed by atoms with van der Waals surface area (Å²) in [4.78, 5) is 37.0. The van der Waals surface area contributed by atoms with Gasteiger partial charge >= 0.3 is 17.9 Å². The third-order valence-electron chi connectivity index (χ3n) is 3.80. The van der Waals surface area contributed by atoms with Crippen molar-refractivity contribution in [2.75, 3.05) is 33.0 Å². The largest absolute Gasteiger partial charge is 0.465 e. The summed E-state index contributed by atoms with van der Waals surface area (Å²) >= 11 is 6.43. The predicted molar refractivity (Wildman–Crippen MR) is 119 cm³/mol. The van der Waals surface area contributed by atoms with E-state index in [9.17, 15) is 14.4 Å². The molecule has 8 nitrogen and oxygen atoms in total. The Morgan fingerprint density at radius 1 is 0.733 bits per heavy atom. The van der Waals surface area contributed by atoms with E-state index in [1.54, 1.807) is 27.7 Å². The first-order chi connectivity index (χ1) is 13.7. The van der Waals surface area contributed by atoms with Crippen molar-refractivity contribution in [1.29, 1.82) is 0 Å². The number of ether oxygens (including phenoxy) is 5. The average Bonchev–Trinajstić information content (AvgIpc) is 2.62. The second-order valence-corrected chi connectivity index (χ2v) is 11.9. The number of esters is 3. The summed E-state index contributed by atoms with van der Waals surface area (Å²) in [6, 6.07) is 0. The first-order valence-electron chi connectivity index (χ1n) is 9.80. The molecule has 0 bridgehead atoms. The molecular formula is C20H34Br2O8. The van der Waals surface area contributed by atoms with E-state index >= 15 is 0 Å². The molecule has 0 saturated carbocycles. The summed E-state index contributed by atoms with van der Waals surface area (Å²) < 4.78 is 24.9. The van der Waals surface area contributed by atoms with Gasteiger partial charge < -0.3 is 23.7 Å². The molecule has 0 saturated heterocycles. The van der Waals surface area contributed by atoms with Crippen LogP contribution in [0.1, 0.15) is 54.9 Å². The van der Waals surface area contributed by atoms with Crippen molar-refractivity contribution in [2.45, 2.75) is 69.8 Å². The van der Waals surface area contributed by atoms with Crippen LogP contribution in [0, 0.1) is 5.41 Å². The highest BCUT2D eigenvalue weighted by Gasteiger charge is 2.41. The number of halogens is 2. The molecule has 0 aliphatic rings. The lowest BCUT2D eigenvalue weighted by atomic mass is 9.93. The molecule has 0 aromatic carbocycles. The summed E-state index contributed by atoms with van der Waals surface area (Å²) in [5, 5.41) is 0. The summed E-state index contributed by atoms with van der Waals surface area (Å²) in [5.74, 6) is -1.77. The summed E-state index contributed by atoms with van der Waals surface area (Å²) in [5.41, 5.74) is -1.38. The average molecular weight is 562 g/mol. The van der Waals surface area contributed by atoms with Crippen LogP contribution >= 0.6 is 31.9 Å². The van der Waals surface area contributed by atoms with Crippen molar-refractivity contribution in [3.8, 4) is 0 Å². The third kappa shape index (κ3) is 11.1. The van der Waals surface area contributed by atoms with Crippen LogP contribution in [-0.2, 0) is 38.1 Å². The number of alkyl halides is 2. The molecule has 10 heteroatoms. The molecule has 30 heavy (non-hydrogen) atoms. The zero-order valence-corrected chi connectivity index (χ0v) is 22.0. The van der Waals surface area contributed by atoms with Gasteiger partial charge in [0.1, 0.15) is 27.3 Å². The molecule has 0 rings (SSSR count). The highest BCUT2D eigenvalue weighted by Crippen LogP contribution is 2.26. The fourth-order valence-electron chi connectivity index (χ4n) is 1.96. The van der Waals surface area contributed by atoms with Crippen molar-refractivity contribution in [2.24, 2.45) is 5.41 Å². The molecule has 0 aromatic heterocycles. The Morgan fingerprint density at radius 3 is 1.47 bits per heavy atom. The van der Waals surface area contributed by atoms with Crippen molar-refractivity contribution in [3.63, 3.8) is 0 Å². The lowest BCUT2D eigenvalue weighted by molar-refractivity contribution is -0.175. The van der Waals surface area contributed by atoms with Crippen molar-refractivity contribution in [3.05, 3.63) is 0 Å². The van der Waals surface area contributed by atoms with Crippen LogP contribution in [0.5, 0.6) is 0 Å². The van der Waals surface area contributed by atoms with Gasteiger partial charge in [0.25, 0.3) is 0 Å². The van der Waals surface area contributed by atoms with E-state index in [2.05, 4.69) is 31.9 Å². The molecule has 0 unspecified atom stereocenters. The van der Waals surface area contributed by atoms with Gasteiger partial charge in [-0.3, -0.25) is 14.4 Å². The van der Waals surface area contributed by atoms with Crippen LogP contribution in [0.4, 0.5) is 0 Å². The van der Waals surface area contributed by atoms with Crippen LogP contribution in [0.15, 0.2) is 0 Å². The number of hydrogen-bond acceptors (Lipinski definition) is 8. The molecule has 176 valence electrons. The highest BCUT2D eigenvalue weighted by atomic mass is 79.9. The van der Waals surface area contributed by atoms with E-state index in [0.717, 1.165) is 0 Å². The van der Waals surface area contributed by atoms with E-state index in [-0.39, 0.29) is 19.8 Å². The summed E-state index contributed by atoms with van der Waals surface area (Å²) in [6.07, 6.45) is -0.149. The minimum Gasteiger partial charge on any atom is -0.465 e. The Kier molecular flexibility index (Phi) is 12.7.